The van der Waals surface area contributed by atoms with Gasteiger partial charge in [0.1, 0.15) is 5.82 Å². The van der Waals surface area contributed by atoms with E-state index in [0.717, 1.165) is 50.9 Å². The molecule has 3 rings (SSSR count). The molecule has 0 aliphatic rings. The van der Waals surface area contributed by atoms with Gasteiger partial charge in [0.05, 0.1) is 6.10 Å². The summed E-state index contributed by atoms with van der Waals surface area (Å²) in [6, 6.07) is 10.5. The van der Waals surface area contributed by atoms with Gasteiger partial charge < -0.3 is 15.0 Å². The minimum Gasteiger partial charge on any atom is -0.392 e. The molecule has 0 spiro atoms. The van der Waals surface area contributed by atoms with Gasteiger partial charge in [-0.2, -0.15) is 0 Å². The second kappa shape index (κ2) is 11.1. The van der Waals surface area contributed by atoms with E-state index in [0.29, 0.717) is 24.1 Å². The second-order valence-electron chi connectivity index (χ2n) is 8.12. The largest absolute Gasteiger partial charge is 0.392 e. The zero-order chi connectivity index (χ0) is 22.2. The van der Waals surface area contributed by atoms with E-state index in [1.807, 2.05) is 6.07 Å². The lowest BCUT2D eigenvalue weighted by Gasteiger charge is -2.11. The molecule has 0 fully saturated rings. The third kappa shape index (κ3) is 6.15. The van der Waals surface area contributed by atoms with Crippen molar-refractivity contribution in [2.75, 3.05) is 13.1 Å². The Hall–Kier alpha value is -2.71. The number of unbranched alkanes of at least 4 members (excludes halogenated alkanes) is 2. The van der Waals surface area contributed by atoms with Crippen LogP contribution >= 0.6 is 0 Å². The summed E-state index contributed by atoms with van der Waals surface area (Å²) in [5.74, 6) is 0.771. The number of nitrogens with zero attached hydrogens (tertiary/aromatic N) is 3. The van der Waals surface area contributed by atoms with Crippen molar-refractivity contribution >= 4 is 11.2 Å². The fourth-order valence-electron chi connectivity index (χ4n) is 3.83. The summed E-state index contributed by atoms with van der Waals surface area (Å²) in [6.07, 6.45) is 6.10. The Bertz CT molecular complexity index is 1080. The molecule has 2 heterocycles. The van der Waals surface area contributed by atoms with Crippen molar-refractivity contribution in [1.82, 2.24) is 24.4 Å². The molecule has 3 N–H and O–H groups in total. The maximum atomic E-state index is 12.1. The zero-order valence-electron chi connectivity index (χ0n) is 18.4. The fourth-order valence-corrected chi connectivity index (χ4v) is 3.83. The average Bonchev–Trinajstić information content (AvgIpc) is 3.09. The average molecular weight is 428 g/mol. The van der Waals surface area contributed by atoms with Crippen molar-refractivity contribution in [2.45, 2.75) is 51.0 Å². The summed E-state index contributed by atoms with van der Waals surface area (Å²) in [6.45, 7) is 1.52. The van der Waals surface area contributed by atoms with Crippen LogP contribution in [-0.2, 0) is 26.9 Å². The molecule has 1 unspecified atom stereocenters. The molecule has 0 radical (unpaired) electrons. The number of aliphatic hydroxyl groups is 1. The van der Waals surface area contributed by atoms with Crippen molar-refractivity contribution in [3.8, 4) is 0 Å². The number of imidazole rings is 1. The highest BCUT2D eigenvalue weighted by Crippen LogP contribution is 2.12. The van der Waals surface area contributed by atoms with Gasteiger partial charge in [0.25, 0.3) is 5.56 Å². The molecule has 168 valence electrons. The van der Waals surface area contributed by atoms with Crippen LogP contribution in [0.3, 0.4) is 0 Å². The number of aliphatic hydroxyl groups excluding tert-OH is 1. The van der Waals surface area contributed by atoms with Crippen LogP contribution in [0.4, 0.5) is 0 Å². The summed E-state index contributed by atoms with van der Waals surface area (Å²) in [5, 5.41) is 13.5. The summed E-state index contributed by atoms with van der Waals surface area (Å²) in [7, 11) is 3.39. The number of aromatic amines is 1. The number of aromatic nitrogens is 4. The van der Waals surface area contributed by atoms with Crippen LogP contribution in [0.5, 0.6) is 0 Å². The van der Waals surface area contributed by atoms with Crippen molar-refractivity contribution in [2.24, 2.45) is 14.1 Å². The number of rotatable bonds is 12. The van der Waals surface area contributed by atoms with E-state index in [4.69, 9.17) is 0 Å². The van der Waals surface area contributed by atoms with E-state index >= 15 is 0 Å². The molecule has 0 saturated carbocycles. The van der Waals surface area contributed by atoms with Gasteiger partial charge >= 0.3 is 5.69 Å². The molecule has 0 bridgehead atoms. The molecule has 1 aromatic carbocycles. The summed E-state index contributed by atoms with van der Waals surface area (Å²) in [4.78, 5) is 30.6. The van der Waals surface area contributed by atoms with Crippen LogP contribution in [0, 0.1) is 0 Å². The van der Waals surface area contributed by atoms with Crippen LogP contribution in [0.1, 0.15) is 43.5 Å². The normalized spacial score (nSPS) is 12.5. The molecule has 2 aromatic heterocycles. The Morgan fingerprint density at radius 3 is 2.55 bits per heavy atom. The Morgan fingerprint density at radius 2 is 1.77 bits per heavy atom. The highest BCUT2D eigenvalue weighted by atomic mass is 16.3. The number of aryl methyl sites for hydroxylation is 4. The lowest BCUT2D eigenvalue weighted by molar-refractivity contribution is 0.158. The Labute approximate surface area is 182 Å². The predicted molar refractivity (Wildman–Crippen MR) is 122 cm³/mol. The van der Waals surface area contributed by atoms with Gasteiger partial charge in [-0.15, -0.1) is 0 Å². The van der Waals surface area contributed by atoms with Gasteiger partial charge in [-0.1, -0.05) is 36.8 Å². The van der Waals surface area contributed by atoms with Crippen molar-refractivity contribution in [3.05, 3.63) is 62.6 Å². The standard InChI is InChI=1S/C23H33N5O3/c1-27-19(25-21-20(27)22(30)26-23(31)28(21)2)14-7-6-13-18(29)16-24-15-9-8-12-17-10-4-3-5-11-17/h3-5,10-11,18,24,29H,6-9,12-16H2,1-2H3,(H,26,30,31). The SMILES string of the molecule is Cn1c(CCCCC(O)CNCCCCc2ccccc2)nc2c1c(=O)[nH]c(=O)n2C. The maximum absolute atomic E-state index is 12.1. The molecule has 0 amide bonds. The monoisotopic (exact) mass is 427 g/mol. The fraction of sp³-hybridized carbons (Fsp3) is 0.522. The highest BCUT2D eigenvalue weighted by molar-refractivity contribution is 5.70. The minimum atomic E-state index is -0.460. The lowest BCUT2D eigenvalue weighted by Crippen LogP contribution is -2.29. The zero-order valence-corrected chi connectivity index (χ0v) is 18.4. The van der Waals surface area contributed by atoms with E-state index < -0.39 is 11.2 Å². The molecule has 8 nitrogen and oxygen atoms in total. The van der Waals surface area contributed by atoms with Gasteiger partial charge in [0.15, 0.2) is 11.2 Å². The van der Waals surface area contributed by atoms with Gasteiger partial charge in [-0.3, -0.25) is 14.3 Å². The Morgan fingerprint density at radius 1 is 1.03 bits per heavy atom. The van der Waals surface area contributed by atoms with Gasteiger partial charge in [0.2, 0.25) is 0 Å². The molecule has 1 atom stereocenters. The Balaban J connectivity index is 1.33. The third-order valence-electron chi connectivity index (χ3n) is 5.71. The van der Waals surface area contributed by atoms with Crippen LogP contribution in [0.15, 0.2) is 39.9 Å². The summed E-state index contributed by atoms with van der Waals surface area (Å²) < 4.78 is 3.11. The van der Waals surface area contributed by atoms with E-state index in [2.05, 4.69) is 39.6 Å². The summed E-state index contributed by atoms with van der Waals surface area (Å²) in [5.41, 5.74) is 1.31. The number of hydrogen-bond donors (Lipinski definition) is 3. The maximum Gasteiger partial charge on any atom is 0.329 e. The van der Waals surface area contributed by atoms with Crippen molar-refractivity contribution in [3.63, 3.8) is 0 Å². The molecule has 0 saturated heterocycles. The summed E-state index contributed by atoms with van der Waals surface area (Å²) >= 11 is 0. The van der Waals surface area contributed by atoms with Crippen LogP contribution < -0.4 is 16.6 Å². The number of H-pyrrole nitrogens is 1. The predicted octanol–water partition coefficient (Wildman–Crippen LogP) is 1.65. The number of hydrogen-bond acceptors (Lipinski definition) is 5. The molecular formula is C23H33N5O3. The molecule has 8 heteroatoms. The highest BCUT2D eigenvalue weighted by Gasteiger charge is 2.14. The van der Waals surface area contributed by atoms with E-state index in [1.165, 1.54) is 10.1 Å². The van der Waals surface area contributed by atoms with Crippen LogP contribution in [-0.4, -0.2) is 43.4 Å². The molecule has 3 aromatic rings. The van der Waals surface area contributed by atoms with E-state index in [-0.39, 0.29) is 6.10 Å². The number of benzene rings is 1. The molecule has 31 heavy (non-hydrogen) atoms. The first kappa shape index (κ1) is 23.0. The van der Waals surface area contributed by atoms with E-state index in [9.17, 15) is 14.7 Å². The molecular weight excluding hydrogens is 394 g/mol. The first-order valence-electron chi connectivity index (χ1n) is 11.0. The first-order chi connectivity index (χ1) is 15.0. The number of fused-ring (bicyclic) bond motifs is 1. The minimum absolute atomic E-state index is 0.363. The van der Waals surface area contributed by atoms with E-state index in [1.54, 1.807) is 18.7 Å². The topological polar surface area (TPSA) is 105 Å². The van der Waals surface area contributed by atoms with Crippen LogP contribution in [0.2, 0.25) is 0 Å². The van der Waals surface area contributed by atoms with Crippen molar-refractivity contribution < 1.29 is 5.11 Å². The van der Waals surface area contributed by atoms with Crippen molar-refractivity contribution in [1.29, 1.82) is 0 Å². The van der Waals surface area contributed by atoms with Gasteiger partial charge in [-0.25, -0.2) is 9.78 Å². The van der Waals surface area contributed by atoms with Gasteiger partial charge in [0, 0.05) is 27.1 Å². The van der Waals surface area contributed by atoms with Crippen LogP contribution in [0.25, 0.3) is 11.2 Å². The smallest absolute Gasteiger partial charge is 0.329 e. The lowest BCUT2D eigenvalue weighted by atomic mass is 10.1. The molecule has 0 aliphatic carbocycles. The van der Waals surface area contributed by atoms with Gasteiger partial charge in [-0.05, 0) is 44.2 Å². The second-order valence-corrected chi connectivity index (χ2v) is 8.12. The quantitative estimate of drug-likeness (QED) is 0.381. The molecule has 0 aliphatic heterocycles. The Kier molecular flexibility index (Phi) is 8.20. The third-order valence-corrected chi connectivity index (χ3v) is 5.71. The first-order valence-corrected chi connectivity index (χ1v) is 11.0. The number of nitrogens with one attached hydrogen (secondary N) is 2.